The highest BCUT2D eigenvalue weighted by atomic mass is 32.1. The molecule has 0 atom stereocenters. The highest BCUT2D eigenvalue weighted by molar-refractivity contribution is 7.04. The Bertz CT molecular complexity index is 716. The molecule has 2 N–H and O–H groups in total. The van der Waals surface area contributed by atoms with Gasteiger partial charge in [0, 0.05) is 10.8 Å². The molecule has 3 rings (SSSR count). The van der Waals surface area contributed by atoms with Gasteiger partial charge >= 0.3 is 0 Å². The van der Waals surface area contributed by atoms with Crippen LogP contribution in [0.15, 0.2) is 29.6 Å². The van der Waals surface area contributed by atoms with E-state index < -0.39 is 0 Å². The van der Waals surface area contributed by atoms with Crippen molar-refractivity contribution in [3.05, 3.63) is 41.0 Å². The number of benzene rings is 1. The molecule has 0 aliphatic rings. The summed E-state index contributed by atoms with van der Waals surface area (Å²) in [4.78, 5) is 12.1. The van der Waals surface area contributed by atoms with Crippen molar-refractivity contribution >= 4 is 34.0 Å². The maximum Gasteiger partial charge on any atom is 0.276 e. The average Bonchev–Trinajstić information content (AvgIpc) is 2.96. The van der Waals surface area contributed by atoms with Crippen LogP contribution >= 0.6 is 11.5 Å². The number of aryl methyl sites for hydroxylation is 1. The third-order valence-electron chi connectivity index (χ3n) is 2.68. The molecule has 5 nitrogen and oxygen atoms in total. The molecule has 3 aromatic rings. The first-order valence-electron chi connectivity index (χ1n) is 5.41. The Morgan fingerprint density at radius 3 is 3.00 bits per heavy atom. The number of carbonyl (C=O) groups excluding carboxylic acids is 1. The van der Waals surface area contributed by atoms with Crippen LogP contribution in [0.3, 0.4) is 0 Å². The fraction of sp³-hybridized carbons (Fsp3) is 0.0833. The van der Waals surface area contributed by atoms with Gasteiger partial charge in [0.25, 0.3) is 5.91 Å². The number of nitrogens with one attached hydrogen (secondary N) is 2. The van der Waals surface area contributed by atoms with E-state index in [-0.39, 0.29) is 5.91 Å². The number of fused-ring (bicyclic) bond motifs is 1. The lowest BCUT2D eigenvalue weighted by molar-refractivity contribution is 0.102. The first-order chi connectivity index (χ1) is 8.75. The molecule has 18 heavy (non-hydrogen) atoms. The molecule has 1 aromatic carbocycles. The lowest BCUT2D eigenvalue weighted by atomic mass is 10.2. The molecule has 2 heterocycles. The number of nitrogens with zero attached hydrogens (tertiary/aromatic N) is 2. The summed E-state index contributed by atoms with van der Waals surface area (Å²) >= 11 is 1.32. The zero-order chi connectivity index (χ0) is 12.5. The number of hydrogen-bond acceptors (Lipinski definition) is 4. The first kappa shape index (κ1) is 10.9. The van der Waals surface area contributed by atoms with Crippen molar-refractivity contribution in [1.29, 1.82) is 0 Å². The third kappa shape index (κ3) is 1.76. The molecule has 0 saturated carbocycles. The lowest BCUT2D eigenvalue weighted by Crippen LogP contribution is -2.13. The molecular weight excluding hydrogens is 248 g/mol. The fourth-order valence-electron chi connectivity index (χ4n) is 1.73. The van der Waals surface area contributed by atoms with E-state index in [1.807, 2.05) is 36.6 Å². The minimum atomic E-state index is -0.226. The molecule has 0 aliphatic carbocycles. The molecule has 0 fully saturated rings. The predicted molar refractivity (Wildman–Crippen MR) is 70.9 cm³/mol. The van der Waals surface area contributed by atoms with Crippen LogP contribution in [0.25, 0.3) is 10.9 Å². The van der Waals surface area contributed by atoms with E-state index >= 15 is 0 Å². The van der Waals surface area contributed by atoms with Crippen molar-refractivity contribution in [3.8, 4) is 0 Å². The Kier molecular flexibility index (Phi) is 2.56. The van der Waals surface area contributed by atoms with E-state index in [4.69, 9.17) is 0 Å². The number of aromatic amines is 1. The molecule has 6 heteroatoms. The SMILES string of the molecule is Cc1nscc1NC(=O)c1n[nH]c2ccccc12. The van der Waals surface area contributed by atoms with E-state index in [1.165, 1.54) is 11.5 Å². The van der Waals surface area contributed by atoms with Gasteiger partial charge in [0.2, 0.25) is 0 Å². The summed E-state index contributed by atoms with van der Waals surface area (Å²) < 4.78 is 4.11. The summed E-state index contributed by atoms with van der Waals surface area (Å²) in [5.74, 6) is -0.226. The second-order valence-corrected chi connectivity index (χ2v) is 4.51. The van der Waals surface area contributed by atoms with Crippen LogP contribution in [0, 0.1) is 6.92 Å². The zero-order valence-electron chi connectivity index (χ0n) is 9.60. The number of H-pyrrole nitrogens is 1. The van der Waals surface area contributed by atoms with Gasteiger partial charge in [-0.05, 0) is 24.5 Å². The normalized spacial score (nSPS) is 10.7. The van der Waals surface area contributed by atoms with Crippen molar-refractivity contribution in [2.45, 2.75) is 6.92 Å². The standard InChI is InChI=1S/C12H10N4OS/c1-7-10(6-18-16-7)13-12(17)11-8-4-2-3-5-9(8)14-15-11/h2-6H,1H3,(H,13,17)(H,14,15). The molecular formula is C12H10N4OS. The summed E-state index contributed by atoms with van der Waals surface area (Å²) in [5.41, 5.74) is 2.80. The molecule has 0 radical (unpaired) electrons. The van der Waals surface area contributed by atoms with Crippen LogP contribution in [-0.4, -0.2) is 20.5 Å². The van der Waals surface area contributed by atoms with Crippen LogP contribution < -0.4 is 5.32 Å². The molecule has 1 amide bonds. The number of aromatic nitrogens is 3. The van der Waals surface area contributed by atoms with Crippen LogP contribution in [0.5, 0.6) is 0 Å². The van der Waals surface area contributed by atoms with E-state index in [0.717, 1.165) is 22.3 Å². The number of carbonyl (C=O) groups is 1. The maximum atomic E-state index is 12.1. The van der Waals surface area contributed by atoms with Gasteiger partial charge in [-0.3, -0.25) is 9.89 Å². The largest absolute Gasteiger partial charge is 0.318 e. The quantitative estimate of drug-likeness (QED) is 0.742. The molecule has 0 bridgehead atoms. The van der Waals surface area contributed by atoms with Gasteiger partial charge in [0.1, 0.15) is 0 Å². The maximum absolute atomic E-state index is 12.1. The second kappa shape index (κ2) is 4.23. The van der Waals surface area contributed by atoms with Gasteiger partial charge in [-0.25, -0.2) is 0 Å². The topological polar surface area (TPSA) is 70.7 Å². The summed E-state index contributed by atoms with van der Waals surface area (Å²) in [6, 6.07) is 7.53. The van der Waals surface area contributed by atoms with E-state index in [2.05, 4.69) is 19.9 Å². The number of anilines is 1. The summed E-state index contributed by atoms with van der Waals surface area (Å²) in [5, 5.41) is 12.3. The van der Waals surface area contributed by atoms with Gasteiger partial charge < -0.3 is 5.32 Å². The minimum Gasteiger partial charge on any atom is -0.318 e. The lowest BCUT2D eigenvalue weighted by Gasteiger charge is -2.01. The number of hydrogen-bond donors (Lipinski definition) is 2. The Morgan fingerprint density at radius 1 is 1.39 bits per heavy atom. The fourth-order valence-corrected chi connectivity index (χ4v) is 2.37. The van der Waals surface area contributed by atoms with E-state index in [9.17, 15) is 4.79 Å². The van der Waals surface area contributed by atoms with Crippen molar-refractivity contribution in [3.63, 3.8) is 0 Å². The molecule has 0 saturated heterocycles. The molecule has 90 valence electrons. The Labute approximate surface area is 107 Å². The predicted octanol–water partition coefficient (Wildman–Crippen LogP) is 2.58. The van der Waals surface area contributed by atoms with Gasteiger partial charge in [0.15, 0.2) is 5.69 Å². The summed E-state index contributed by atoms with van der Waals surface area (Å²) in [7, 11) is 0. The molecule has 0 spiro atoms. The van der Waals surface area contributed by atoms with Crippen LogP contribution in [-0.2, 0) is 0 Å². The van der Waals surface area contributed by atoms with E-state index in [0.29, 0.717) is 5.69 Å². The van der Waals surface area contributed by atoms with Crippen molar-refractivity contribution in [2.75, 3.05) is 5.32 Å². The Hall–Kier alpha value is -2.21. The Morgan fingerprint density at radius 2 is 2.22 bits per heavy atom. The second-order valence-electron chi connectivity index (χ2n) is 3.89. The molecule has 2 aromatic heterocycles. The van der Waals surface area contributed by atoms with Gasteiger partial charge in [0.05, 0.1) is 16.9 Å². The van der Waals surface area contributed by atoms with E-state index in [1.54, 1.807) is 0 Å². The van der Waals surface area contributed by atoms with Crippen LogP contribution in [0.2, 0.25) is 0 Å². The van der Waals surface area contributed by atoms with Crippen molar-refractivity contribution in [1.82, 2.24) is 14.6 Å². The van der Waals surface area contributed by atoms with Gasteiger partial charge in [-0.1, -0.05) is 18.2 Å². The monoisotopic (exact) mass is 258 g/mol. The number of amides is 1. The highest BCUT2D eigenvalue weighted by Gasteiger charge is 2.15. The first-order valence-corrected chi connectivity index (χ1v) is 6.25. The van der Waals surface area contributed by atoms with Crippen LogP contribution in [0.4, 0.5) is 5.69 Å². The third-order valence-corrected chi connectivity index (χ3v) is 3.40. The smallest absolute Gasteiger partial charge is 0.276 e. The van der Waals surface area contributed by atoms with Crippen molar-refractivity contribution in [2.24, 2.45) is 0 Å². The summed E-state index contributed by atoms with van der Waals surface area (Å²) in [6.45, 7) is 1.86. The number of rotatable bonds is 2. The average molecular weight is 258 g/mol. The minimum absolute atomic E-state index is 0.226. The Balaban J connectivity index is 1.95. The zero-order valence-corrected chi connectivity index (χ0v) is 10.4. The number of para-hydroxylation sites is 1. The molecule has 0 aliphatic heterocycles. The van der Waals surface area contributed by atoms with Crippen LogP contribution in [0.1, 0.15) is 16.2 Å². The van der Waals surface area contributed by atoms with Gasteiger partial charge in [-0.2, -0.15) is 9.47 Å². The molecule has 0 unspecified atom stereocenters. The van der Waals surface area contributed by atoms with Crippen molar-refractivity contribution < 1.29 is 4.79 Å². The highest BCUT2D eigenvalue weighted by Crippen LogP contribution is 2.19. The summed E-state index contributed by atoms with van der Waals surface area (Å²) in [6.07, 6.45) is 0. The van der Waals surface area contributed by atoms with Gasteiger partial charge in [-0.15, -0.1) is 0 Å².